The smallest absolute Gasteiger partial charge is 0.246 e. The molecule has 3 rings (SSSR count). The summed E-state index contributed by atoms with van der Waals surface area (Å²) in [5.74, 6) is -0.222. The fourth-order valence-electron chi connectivity index (χ4n) is 2.35. The van der Waals surface area contributed by atoms with Crippen molar-refractivity contribution in [1.82, 2.24) is 5.32 Å². The van der Waals surface area contributed by atoms with Gasteiger partial charge in [-0.25, -0.2) is 0 Å². The van der Waals surface area contributed by atoms with E-state index in [-0.39, 0.29) is 24.9 Å². The molecule has 1 fully saturated rings. The van der Waals surface area contributed by atoms with E-state index < -0.39 is 0 Å². The average molecular weight is 266 g/mol. The monoisotopic (exact) mass is 266 g/mol. The molecule has 2 aromatic carbocycles. The Bertz CT molecular complexity index is 653. The Hall–Kier alpha value is -2.62. The highest BCUT2D eigenvalue weighted by Crippen LogP contribution is 2.31. The van der Waals surface area contributed by atoms with Gasteiger partial charge in [0.05, 0.1) is 12.2 Å². The quantitative estimate of drug-likeness (QED) is 0.901. The summed E-state index contributed by atoms with van der Waals surface area (Å²) in [7, 11) is 0. The average Bonchev–Trinajstić information content (AvgIpc) is 2.51. The van der Waals surface area contributed by atoms with Gasteiger partial charge in [-0.2, -0.15) is 0 Å². The number of nitrogens with zero attached hydrogens (tertiary/aromatic N) is 1. The van der Waals surface area contributed by atoms with Crippen molar-refractivity contribution in [2.75, 3.05) is 18.0 Å². The fourth-order valence-corrected chi connectivity index (χ4v) is 2.35. The largest absolute Gasteiger partial charge is 0.345 e. The number of para-hydroxylation sites is 1. The second-order valence-corrected chi connectivity index (χ2v) is 4.64. The molecule has 1 aliphatic rings. The van der Waals surface area contributed by atoms with Crippen molar-refractivity contribution in [2.45, 2.75) is 0 Å². The molecule has 0 aliphatic carbocycles. The molecular weight excluding hydrogens is 252 g/mol. The molecule has 1 saturated heterocycles. The van der Waals surface area contributed by atoms with Gasteiger partial charge in [0.1, 0.15) is 6.54 Å². The van der Waals surface area contributed by atoms with Crippen molar-refractivity contribution in [2.24, 2.45) is 0 Å². The van der Waals surface area contributed by atoms with Crippen molar-refractivity contribution in [1.29, 1.82) is 0 Å². The molecule has 20 heavy (non-hydrogen) atoms. The van der Waals surface area contributed by atoms with E-state index in [1.165, 1.54) is 0 Å². The second kappa shape index (κ2) is 5.17. The van der Waals surface area contributed by atoms with E-state index in [0.717, 1.165) is 16.8 Å². The van der Waals surface area contributed by atoms with E-state index in [9.17, 15) is 9.59 Å². The summed E-state index contributed by atoms with van der Waals surface area (Å²) in [5.41, 5.74) is 2.76. The first kappa shape index (κ1) is 12.4. The van der Waals surface area contributed by atoms with Crippen LogP contribution in [0.4, 0.5) is 5.69 Å². The summed E-state index contributed by atoms with van der Waals surface area (Å²) in [6.45, 7) is 0.130. The third-order valence-corrected chi connectivity index (χ3v) is 3.32. The van der Waals surface area contributed by atoms with Crippen LogP contribution in [-0.4, -0.2) is 24.9 Å². The van der Waals surface area contributed by atoms with E-state index in [1.54, 1.807) is 4.90 Å². The molecule has 1 aliphatic heterocycles. The molecule has 4 heteroatoms. The molecule has 1 heterocycles. The number of benzene rings is 2. The summed E-state index contributed by atoms with van der Waals surface area (Å²) < 4.78 is 0. The first-order valence-corrected chi connectivity index (χ1v) is 6.47. The van der Waals surface area contributed by atoms with Gasteiger partial charge in [0, 0.05) is 5.56 Å². The van der Waals surface area contributed by atoms with Crippen molar-refractivity contribution in [3.63, 3.8) is 0 Å². The Morgan fingerprint density at radius 3 is 2.40 bits per heavy atom. The molecule has 0 radical (unpaired) electrons. The first-order valence-electron chi connectivity index (χ1n) is 6.47. The maximum absolute atomic E-state index is 12.0. The number of hydrogen-bond acceptors (Lipinski definition) is 2. The molecular formula is C16H14N2O2. The van der Waals surface area contributed by atoms with E-state index in [4.69, 9.17) is 0 Å². The molecule has 0 bridgehead atoms. The number of carbonyl (C=O) groups excluding carboxylic acids is 2. The molecule has 0 unspecified atom stereocenters. The lowest BCUT2D eigenvalue weighted by atomic mass is 10.0. The van der Waals surface area contributed by atoms with Gasteiger partial charge in [0.2, 0.25) is 11.8 Å². The minimum Gasteiger partial charge on any atom is -0.345 e. The lowest BCUT2D eigenvalue weighted by Crippen LogP contribution is -2.51. The Kier molecular flexibility index (Phi) is 3.21. The van der Waals surface area contributed by atoms with Crippen LogP contribution in [0.2, 0.25) is 0 Å². The topological polar surface area (TPSA) is 49.4 Å². The SMILES string of the molecule is O=C1CN(c2ccccc2-c2ccccc2)C(=O)CN1. The summed E-state index contributed by atoms with van der Waals surface area (Å²) >= 11 is 0. The maximum Gasteiger partial charge on any atom is 0.246 e. The van der Waals surface area contributed by atoms with Crippen LogP contribution < -0.4 is 10.2 Å². The Morgan fingerprint density at radius 1 is 0.900 bits per heavy atom. The Morgan fingerprint density at radius 2 is 1.60 bits per heavy atom. The highest BCUT2D eigenvalue weighted by Gasteiger charge is 2.26. The van der Waals surface area contributed by atoms with Gasteiger partial charge in [-0.15, -0.1) is 0 Å². The highest BCUT2D eigenvalue weighted by atomic mass is 16.2. The third kappa shape index (κ3) is 2.28. The minimum absolute atomic E-state index is 0.0575. The van der Waals surface area contributed by atoms with Crippen molar-refractivity contribution in [3.8, 4) is 11.1 Å². The minimum atomic E-state index is -0.132. The molecule has 0 saturated carbocycles. The number of amides is 2. The molecule has 2 aromatic rings. The highest BCUT2D eigenvalue weighted by molar-refractivity contribution is 6.06. The third-order valence-electron chi connectivity index (χ3n) is 3.32. The predicted molar refractivity (Wildman–Crippen MR) is 77.2 cm³/mol. The van der Waals surface area contributed by atoms with E-state index in [1.807, 2.05) is 54.6 Å². The van der Waals surface area contributed by atoms with Crippen LogP contribution in [0.5, 0.6) is 0 Å². The second-order valence-electron chi connectivity index (χ2n) is 4.64. The van der Waals surface area contributed by atoms with Gasteiger partial charge in [-0.05, 0) is 11.6 Å². The standard InChI is InChI=1S/C16H14N2O2/c19-15-11-18(16(20)10-17-15)14-9-5-4-8-13(14)12-6-2-1-3-7-12/h1-9H,10-11H2,(H,17,19). The van der Waals surface area contributed by atoms with Crippen LogP contribution in [0.25, 0.3) is 11.1 Å². The lowest BCUT2D eigenvalue weighted by molar-refractivity contribution is -0.128. The number of carbonyl (C=O) groups is 2. The van der Waals surface area contributed by atoms with Gasteiger partial charge >= 0.3 is 0 Å². The van der Waals surface area contributed by atoms with Crippen LogP contribution in [0.1, 0.15) is 0 Å². The summed E-state index contributed by atoms with van der Waals surface area (Å²) in [6, 6.07) is 17.5. The van der Waals surface area contributed by atoms with E-state index in [0.29, 0.717) is 0 Å². The van der Waals surface area contributed by atoms with Crippen molar-refractivity contribution < 1.29 is 9.59 Å². The van der Waals surface area contributed by atoms with Gasteiger partial charge in [0.25, 0.3) is 0 Å². The normalized spacial score (nSPS) is 15.1. The van der Waals surface area contributed by atoms with Crippen LogP contribution in [-0.2, 0) is 9.59 Å². The van der Waals surface area contributed by atoms with Crippen LogP contribution >= 0.6 is 0 Å². The van der Waals surface area contributed by atoms with Gasteiger partial charge in [-0.3, -0.25) is 9.59 Å². The molecule has 2 amide bonds. The van der Waals surface area contributed by atoms with E-state index >= 15 is 0 Å². The molecule has 0 atom stereocenters. The lowest BCUT2D eigenvalue weighted by Gasteiger charge is -2.28. The first-order chi connectivity index (χ1) is 9.75. The molecule has 100 valence electrons. The summed E-state index contributed by atoms with van der Waals surface area (Å²) in [5, 5.41) is 2.56. The van der Waals surface area contributed by atoms with Gasteiger partial charge < -0.3 is 10.2 Å². The van der Waals surface area contributed by atoms with Crippen LogP contribution in [0, 0.1) is 0 Å². The van der Waals surface area contributed by atoms with E-state index in [2.05, 4.69) is 5.32 Å². The van der Waals surface area contributed by atoms with Crippen molar-refractivity contribution in [3.05, 3.63) is 54.6 Å². The molecule has 1 N–H and O–H groups in total. The van der Waals surface area contributed by atoms with Gasteiger partial charge in [-0.1, -0.05) is 48.5 Å². The Labute approximate surface area is 117 Å². The molecule has 0 aromatic heterocycles. The van der Waals surface area contributed by atoms with Crippen LogP contribution in [0.3, 0.4) is 0 Å². The van der Waals surface area contributed by atoms with Crippen LogP contribution in [0.15, 0.2) is 54.6 Å². The molecule has 0 spiro atoms. The summed E-state index contributed by atoms with van der Waals surface area (Å²) in [6.07, 6.45) is 0. The number of rotatable bonds is 2. The number of piperazine rings is 1. The van der Waals surface area contributed by atoms with Crippen molar-refractivity contribution >= 4 is 17.5 Å². The van der Waals surface area contributed by atoms with Gasteiger partial charge in [0.15, 0.2) is 0 Å². The zero-order valence-corrected chi connectivity index (χ0v) is 10.9. The molecule has 4 nitrogen and oxygen atoms in total. The maximum atomic E-state index is 12.0. The fraction of sp³-hybridized carbons (Fsp3) is 0.125. The Balaban J connectivity index is 2.06. The number of hydrogen-bond donors (Lipinski definition) is 1. The summed E-state index contributed by atoms with van der Waals surface area (Å²) in [4.78, 5) is 25.1. The predicted octanol–water partition coefficient (Wildman–Crippen LogP) is 1.82. The zero-order chi connectivity index (χ0) is 13.9. The number of anilines is 1. The number of nitrogens with one attached hydrogen (secondary N) is 1. The zero-order valence-electron chi connectivity index (χ0n) is 10.9.